The van der Waals surface area contributed by atoms with E-state index < -0.39 is 0 Å². The summed E-state index contributed by atoms with van der Waals surface area (Å²) in [6.07, 6.45) is 4.60. The van der Waals surface area contributed by atoms with Crippen LogP contribution in [-0.4, -0.2) is 25.4 Å². The van der Waals surface area contributed by atoms with Crippen molar-refractivity contribution in [2.45, 2.75) is 60.0 Å². The van der Waals surface area contributed by atoms with Gasteiger partial charge in [0.15, 0.2) is 0 Å². The van der Waals surface area contributed by atoms with E-state index in [4.69, 9.17) is 19.6 Å². The predicted octanol–water partition coefficient (Wildman–Crippen LogP) is 10.0. The Morgan fingerprint density at radius 3 is 2.40 bits per heavy atom. The third-order valence-electron chi connectivity index (χ3n) is 8.29. The van der Waals surface area contributed by atoms with Crippen molar-refractivity contribution in [2.24, 2.45) is 0 Å². The van der Waals surface area contributed by atoms with Crippen LogP contribution in [0.3, 0.4) is 0 Å². The van der Waals surface area contributed by atoms with Crippen molar-refractivity contribution in [3.8, 4) is 39.9 Å². The molecule has 0 radical (unpaired) electrons. The molecule has 7 heteroatoms. The molecule has 0 saturated carbocycles. The molecule has 7 aromatic rings. The SMILES string of the molecule is CCCc1c(-c2ccc(C)cc2)c(CC)nn1-c1[c-]c(Oc2[c-]c3c(cc2)c2ccccc2n3-c2cc(OC(C)C)ccn2)ccc1.[Pt+2]. The molecule has 0 aliphatic heterocycles. The summed E-state index contributed by atoms with van der Waals surface area (Å²) in [5.74, 6) is 2.72. The third-order valence-corrected chi connectivity index (χ3v) is 8.29. The minimum atomic E-state index is 0. The van der Waals surface area contributed by atoms with Crippen molar-refractivity contribution in [2.75, 3.05) is 0 Å². The van der Waals surface area contributed by atoms with Crippen LogP contribution in [-0.2, 0) is 33.9 Å². The second-order valence-electron chi connectivity index (χ2n) is 12.1. The average Bonchev–Trinajstić information content (AvgIpc) is 3.60. The van der Waals surface area contributed by atoms with Crippen LogP contribution in [0, 0.1) is 19.1 Å². The van der Waals surface area contributed by atoms with Gasteiger partial charge in [0.25, 0.3) is 0 Å². The first-order valence-corrected chi connectivity index (χ1v) is 16.4. The minimum absolute atomic E-state index is 0. The quantitative estimate of drug-likeness (QED) is 0.129. The Morgan fingerprint density at radius 1 is 0.833 bits per heavy atom. The molecule has 0 saturated heterocycles. The summed E-state index contributed by atoms with van der Waals surface area (Å²) >= 11 is 0. The van der Waals surface area contributed by atoms with Crippen LogP contribution in [0.25, 0.3) is 44.4 Å². The fourth-order valence-electron chi connectivity index (χ4n) is 6.25. The monoisotopic (exact) mass is 813 g/mol. The number of rotatable bonds is 10. The number of aryl methyl sites for hydroxylation is 2. The first-order valence-electron chi connectivity index (χ1n) is 16.4. The standard InChI is InChI=1S/C41H38N4O2.Pt/c1-6-11-38-41(29-18-16-28(5)17-19-29)36(7-2)43-45(38)30-12-10-13-31(24-30)47-32-20-21-35-34-14-8-9-15-37(34)44(39(35)25-32)40-26-33(22-23-42-40)46-27(3)4;/h8-10,12-23,26-27H,6-7,11H2,1-5H3;/q-2;+2. The maximum atomic E-state index is 6.46. The molecule has 0 bridgehead atoms. The summed E-state index contributed by atoms with van der Waals surface area (Å²) in [7, 11) is 0. The van der Waals surface area contributed by atoms with Crippen molar-refractivity contribution < 1.29 is 30.5 Å². The largest absolute Gasteiger partial charge is 2.00 e. The molecular weight excluding hydrogens is 776 g/mol. The van der Waals surface area contributed by atoms with E-state index in [1.807, 2.05) is 61.0 Å². The molecule has 0 N–H and O–H groups in total. The third kappa shape index (κ3) is 6.42. The smallest absolute Gasteiger partial charge is 0.509 e. The molecule has 6 nitrogen and oxygen atoms in total. The van der Waals surface area contributed by atoms with E-state index in [1.54, 1.807) is 6.20 Å². The van der Waals surface area contributed by atoms with Gasteiger partial charge < -0.3 is 14.0 Å². The summed E-state index contributed by atoms with van der Waals surface area (Å²) in [5.41, 5.74) is 8.70. The van der Waals surface area contributed by atoms with E-state index in [-0.39, 0.29) is 27.2 Å². The van der Waals surface area contributed by atoms with Gasteiger partial charge in [0, 0.05) is 40.5 Å². The molecule has 0 atom stereocenters. The van der Waals surface area contributed by atoms with Gasteiger partial charge >= 0.3 is 21.1 Å². The molecule has 3 heterocycles. The molecule has 48 heavy (non-hydrogen) atoms. The van der Waals surface area contributed by atoms with Crippen molar-refractivity contribution in [1.29, 1.82) is 0 Å². The van der Waals surface area contributed by atoms with Gasteiger partial charge in [-0.3, -0.25) is 4.68 Å². The summed E-state index contributed by atoms with van der Waals surface area (Å²) < 4.78 is 16.6. The molecule has 244 valence electrons. The summed E-state index contributed by atoms with van der Waals surface area (Å²) in [6, 6.07) is 38.0. The number of pyridine rings is 1. The zero-order valence-electron chi connectivity index (χ0n) is 27.9. The van der Waals surface area contributed by atoms with E-state index in [1.165, 1.54) is 22.4 Å². The molecule has 0 aliphatic rings. The molecule has 0 amide bonds. The van der Waals surface area contributed by atoms with Gasteiger partial charge in [-0.1, -0.05) is 73.8 Å². The van der Waals surface area contributed by atoms with Crippen LogP contribution in [0.4, 0.5) is 0 Å². The van der Waals surface area contributed by atoms with E-state index >= 15 is 0 Å². The fourth-order valence-corrected chi connectivity index (χ4v) is 6.25. The second kappa shape index (κ2) is 14.2. The van der Waals surface area contributed by atoms with Crippen LogP contribution in [0.2, 0.25) is 0 Å². The van der Waals surface area contributed by atoms with E-state index in [0.717, 1.165) is 64.0 Å². The van der Waals surface area contributed by atoms with Gasteiger partial charge in [0.2, 0.25) is 0 Å². The second-order valence-corrected chi connectivity index (χ2v) is 12.1. The van der Waals surface area contributed by atoms with Gasteiger partial charge in [0.1, 0.15) is 11.6 Å². The Bertz CT molecular complexity index is 2200. The summed E-state index contributed by atoms with van der Waals surface area (Å²) in [4.78, 5) is 4.72. The molecule has 0 aliphatic carbocycles. The van der Waals surface area contributed by atoms with Gasteiger partial charge in [-0.2, -0.15) is 17.2 Å². The first kappa shape index (κ1) is 33.2. The van der Waals surface area contributed by atoms with Crippen molar-refractivity contribution in [3.05, 3.63) is 126 Å². The number of hydrogen-bond acceptors (Lipinski definition) is 4. The van der Waals surface area contributed by atoms with Gasteiger partial charge in [-0.25, -0.2) is 4.98 Å². The maximum absolute atomic E-state index is 6.46. The maximum Gasteiger partial charge on any atom is 2.00 e. The van der Waals surface area contributed by atoms with Crippen molar-refractivity contribution >= 4 is 21.8 Å². The molecule has 3 aromatic heterocycles. The predicted molar refractivity (Wildman–Crippen MR) is 189 cm³/mol. The van der Waals surface area contributed by atoms with E-state index in [9.17, 15) is 0 Å². The fraction of sp³-hybridized carbons (Fsp3) is 0.220. The summed E-state index contributed by atoms with van der Waals surface area (Å²) in [5, 5.41) is 7.29. The number of benzene rings is 4. The minimum Gasteiger partial charge on any atom is -0.509 e. The number of para-hydroxylation sites is 1. The molecule has 0 fully saturated rings. The van der Waals surface area contributed by atoms with Crippen LogP contribution < -0.4 is 9.47 Å². The van der Waals surface area contributed by atoms with Gasteiger partial charge in [-0.15, -0.1) is 35.7 Å². The summed E-state index contributed by atoms with van der Waals surface area (Å²) in [6.45, 7) is 10.5. The average molecular weight is 814 g/mol. The normalized spacial score (nSPS) is 11.3. The first-order chi connectivity index (χ1) is 22.9. The molecule has 4 aromatic carbocycles. The molecular formula is C41H38N4O2Pt. The van der Waals surface area contributed by atoms with Crippen LogP contribution in [0.5, 0.6) is 17.2 Å². The zero-order chi connectivity index (χ0) is 32.5. The van der Waals surface area contributed by atoms with Crippen LogP contribution in [0.1, 0.15) is 51.1 Å². The molecule has 0 unspecified atom stereocenters. The molecule has 7 rings (SSSR count). The van der Waals surface area contributed by atoms with E-state index in [2.05, 4.69) is 86.0 Å². The van der Waals surface area contributed by atoms with Crippen molar-refractivity contribution in [3.63, 3.8) is 0 Å². The van der Waals surface area contributed by atoms with Gasteiger partial charge in [-0.05, 0) is 62.4 Å². The van der Waals surface area contributed by atoms with Gasteiger partial charge in [0.05, 0.1) is 11.8 Å². The topological polar surface area (TPSA) is 54.1 Å². The number of hydrogen-bond donors (Lipinski definition) is 0. The Morgan fingerprint density at radius 2 is 1.62 bits per heavy atom. The Kier molecular flexibility index (Phi) is 9.84. The Hall–Kier alpha value is -4.67. The zero-order valence-corrected chi connectivity index (χ0v) is 30.1. The number of ether oxygens (including phenoxy) is 2. The van der Waals surface area contributed by atoms with Crippen LogP contribution >= 0.6 is 0 Å². The Balaban J connectivity index is 0.00000401. The van der Waals surface area contributed by atoms with E-state index in [0.29, 0.717) is 11.5 Å². The molecule has 0 spiro atoms. The number of nitrogens with zero attached hydrogens (tertiary/aromatic N) is 4. The van der Waals surface area contributed by atoms with Crippen molar-refractivity contribution in [1.82, 2.24) is 19.3 Å². The number of aromatic nitrogens is 4. The Labute approximate surface area is 296 Å². The van der Waals surface area contributed by atoms with Crippen LogP contribution in [0.15, 0.2) is 97.2 Å². The number of fused-ring (bicyclic) bond motifs is 3.